The summed E-state index contributed by atoms with van der Waals surface area (Å²) in [6.07, 6.45) is 0.803. The number of nitrogens with zero attached hydrogens (tertiary/aromatic N) is 1. The molecule has 1 aromatic carbocycles. The number of β-amino-alcohol motifs (C(OH)–C–C–N with tert-alkyl or cyclic N) is 1. The predicted molar refractivity (Wildman–Crippen MR) is 94.6 cm³/mol. The first-order chi connectivity index (χ1) is 11.5. The van der Waals surface area contributed by atoms with Gasteiger partial charge in [-0.05, 0) is 36.5 Å². The molecule has 1 heterocycles. The summed E-state index contributed by atoms with van der Waals surface area (Å²) in [6, 6.07) is 5.62. The van der Waals surface area contributed by atoms with Crippen LogP contribution in [-0.2, 0) is 11.3 Å². The van der Waals surface area contributed by atoms with Gasteiger partial charge in [-0.15, -0.1) is 0 Å². The minimum Gasteiger partial charge on any atom is -0.497 e. The van der Waals surface area contributed by atoms with Crippen molar-refractivity contribution in [3.63, 3.8) is 0 Å². The number of ether oxygens (including phenoxy) is 3. The zero-order chi connectivity index (χ0) is 17.5. The number of hydrogen-bond donors (Lipinski definition) is 1. The highest BCUT2D eigenvalue weighted by molar-refractivity contribution is 5.39. The van der Waals surface area contributed by atoms with E-state index in [2.05, 4.69) is 18.7 Å². The summed E-state index contributed by atoms with van der Waals surface area (Å²) in [5.74, 6) is 2.93. The predicted octanol–water partition coefficient (Wildman–Crippen LogP) is 2.56. The van der Waals surface area contributed by atoms with Crippen molar-refractivity contribution in [1.82, 2.24) is 4.90 Å². The molecule has 1 N–H and O–H groups in total. The van der Waals surface area contributed by atoms with Crippen molar-refractivity contribution in [3.8, 4) is 11.5 Å². The maximum atomic E-state index is 10.3. The third-order valence-corrected chi connectivity index (χ3v) is 4.47. The van der Waals surface area contributed by atoms with E-state index in [0.717, 1.165) is 30.2 Å². The molecule has 0 aromatic heterocycles. The van der Waals surface area contributed by atoms with Crippen LogP contribution in [0.4, 0.5) is 0 Å². The molecule has 24 heavy (non-hydrogen) atoms. The molecule has 5 heteroatoms. The van der Waals surface area contributed by atoms with Crippen LogP contribution < -0.4 is 9.47 Å². The van der Waals surface area contributed by atoms with Crippen molar-refractivity contribution >= 4 is 0 Å². The minimum absolute atomic E-state index is 0.319. The fourth-order valence-electron chi connectivity index (χ4n) is 3.59. The summed E-state index contributed by atoms with van der Waals surface area (Å²) < 4.78 is 16.3. The molecule has 0 amide bonds. The second-order valence-electron chi connectivity index (χ2n) is 7.01. The average molecular weight is 337 g/mol. The van der Waals surface area contributed by atoms with Crippen LogP contribution in [-0.4, -0.2) is 56.6 Å². The van der Waals surface area contributed by atoms with Gasteiger partial charge in [0.05, 0.1) is 33.5 Å². The van der Waals surface area contributed by atoms with Gasteiger partial charge in [0.1, 0.15) is 11.5 Å². The average Bonchev–Trinajstić information content (AvgIpc) is 2.53. The molecule has 0 radical (unpaired) electrons. The Morgan fingerprint density at radius 3 is 2.50 bits per heavy atom. The van der Waals surface area contributed by atoms with Gasteiger partial charge in [0.15, 0.2) is 0 Å². The number of hydrogen-bond acceptors (Lipinski definition) is 5. The van der Waals surface area contributed by atoms with Crippen LogP contribution in [0.25, 0.3) is 0 Å². The largest absolute Gasteiger partial charge is 0.497 e. The smallest absolute Gasteiger partial charge is 0.124 e. The SMILES string of the molecule is COc1ccc(OC)c(COC[C@@H](O)CN2C[C@H](C)C[C@H](C)C2)c1. The topological polar surface area (TPSA) is 51.2 Å². The molecule has 3 atom stereocenters. The summed E-state index contributed by atoms with van der Waals surface area (Å²) >= 11 is 0. The molecule has 0 aliphatic carbocycles. The summed E-state index contributed by atoms with van der Waals surface area (Å²) in [5, 5.41) is 10.3. The van der Waals surface area contributed by atoms with Crippen molar-refractivity contribution in [1.29, 1.82) is 0 Å². The van der Waals surface area contributed by atoms with Crippen LogP contribution in [0.3, 0.4) is 0 Å². The number of benzene rings is 1. The molecule has 1 saturated heterocycles. The first kappa shape index (κ1) is 19.0. The Bertz CT molecular complexity index is 498. The number of rotatable bonds is 8. The first-order valence-corrected chi connectivity index (χ1v) is 8.70. The lowest BCUT2D eigenvalue weighted by atomic mass is 9.92. The lowest BCUT2D eigenvalue weighted by Crippen LogP contribution is -2.43. The van der Waals surface area contributed by atoms with E-state index in [9.17, 15) is 5.11 Å². The summed E-state index contributed by atoms with van der Waals surface area (Å²) in [7, 11) is 3.27. The van der Waals surface area contributed by atoms with Crippen molar-refractivity contribution in [3.05, 3.63) is 23.8 Å². The maximum Gasteiger partial charge on any atom is 0.124 e. The molecule has 1 aromatic rings. The highest BCUT2D eigenvalue weighted by Crippen LogP contribution is 2.25. The molecule has 0 spiro atoms. The first-order valence-electron chi connectivity index (χ1n) is 8.70. The van der Waals surface area contributed by atoms with Crippen molar-refractivity contribution in [2.24, 2.45) is 11.8 Å². The molecule has 5 nitrogen and oxygen atoms in total. The van der Waals surface area contributed by atoms with Gasteiger partial charge in [-0.1, -0.05) is 13.8 Å². The highest BCUT2D eigenvalue weighted by atomic mass is 16.5. The summed E-state index contributed by atoms with van der Waals surface area (Å²) in [4.78, 5) is 2.35. The van der Waals surface area contributed by atoms with Crippen LogP contribution in [0, 0.1) is 11.8 Å². The Labute approximate surface area is 145 Å². The molecule has 136 valence electrons. The molecule has 0 unspecified atom stereocenters. The molecule has 0 saturated carbocycles. The molecule has 0 bridgehead atoms. The lowest BCUT2D eigenvalue weighted by Gasteiger charge is -2.35. The van der Waals surface area contributed by atoms with Gasteiger partial charge in [0.2, 0.25) is 0 Å². The van der Waals surface area contributed by atoms with Crippen molar-refractivity contribution in [2.45, 2.75) is 33.0 Å². The zero-order valence-electron chi connectivity index (χ0n) is 15.3. The van der Waals surface area contributed by atoms with E-state index in [4.69, 9.17) is 14.2 Å². The van der Waals surface area contributed by atoms with Gasteiger partial charge in [0, 0.05) is 25.2 Å². The number of aliphatic hydroxyl groups excluding tert-OH is 1. The van der Waals surface area contributed by atoms with E-state index in [1.807, 2.05) is 18.2 Å². The quantitative estimate of drug-likeness (QED) is 0.790. The van der Waals surface area contributed by atoms with Crippen molar-refractivity contribution in [2.75, 3.05) is 40.5 Å². The number of likely N-dealkylation sites (tertiary alicyclic amines) is 1. The molecule has 1 aliphatic heterocycles. The molecular weight excluding hydrogens is 306 g/mol. The van der Waals surface area contributed by atoms with Crippen LogP contribution in [0.15, 0.2) is 18.2 Å². The molecular formula is C19H31NO4. The lowest BCUT2D eigenvalue weighted by molar-refractivity contribution is -0.00131. The van der Waals surface area contributed by atoms with Crippen LogP contribution in [0.2, 0.25) is 0 Å². The third kappa shape index (κ3) is 5.65. The zero-order valence-corrected chi connectivity index (χ0v) is 15.3. The Kier molecular flexibility index (Phi) is 7.34. The van der Waals surface area contributed by atoms with E-state index in [1.165, 1.54) is 6.42 Å². The van der Waals surface area contributed by atoms with E-state index < -0.39 is 6.10 Å². The fourth-order valence-corrected chi connectivity index (χ4v) is 3.59. The Balaban J connectivity index is 1.79. The number of piperidine rings is 1. The van der Waals surface area contributed by atoms with E-state index in [1.54, 1.807) is 14.2 Å². The number of methoxy groups -OCH3 is 2. The molecule has 2 rings (SSSR count). The highest BCUT2D eigenvalue weighted by Gasteiger charge is 2.23. The van der Waals surface area contributed by atoms with Gasteiger partial charge in [-0.2, -0.15) is 0 Å². The molecule has 1 aliphatic rings. The number of aliphatic hydroxyl groups is 1. The second kappa shape index (κ2) is 9.25. The Morgan fingerprint density at radius 1 is 1.17 bits per heavy atom. The minimum atomic E-state index is -0.473. The third-order valence-electron chi connectivity index (χ3n) is 4.47. The van der Waals surface area contributed by atoms with Crippen molar-refractivity contribution < 1.29 is 19.3 Å². The second-order valence-corrected chi connectivity index (χ2v) is 7.01. The monoisotopic (exact) mass is 337 g/mol. The summed E-state index contributed by atoms with van der Waals surface area (Å²) in [5.41, 5.74) is 0.921. The van der Waals surface area contributed by atoms with Crippen LogP contribution in [0.5, 0.6) is 11.5 Å². The van der Waals surface area contributed by atoms with Gasteiger partial charge >= 0.3 is 0 Å². The normalized spacial score (nSPS) is 23.0. The van der Waals surface area contributed by atoms with Gasteiger partial charge < -0.3 is 24.2 Å². The van der Waals surface area contributed by atoms with Gasteiger partial charge in [0.25, 0.3) is 0 Å². The van der Waals surface area contributed by atoms with E-state index >= 15 is 0 Å². The molecule has 1 fully saturated rings. The van der Waals surface area contributed by atoms with E-state index in [0.29, 0.717) is 31.6 Å². The van der Waals surface area contributed by atoms with E-state index in [-0.39, 0.29) is 0 Å². The van der Waals surface area contributed by atoms with Gasteiger partial charge in [-0.3, -0.25) is 0 Å². The van der Waals surface area contributed by atoms with Crippen LogP contribution in [0.1, 0.15) is 25.8 Å². The standard InChI is InChI=1S/C19H31NO4/c1-14-7-15(2)10-20(9-14)11-17(21)13-24-12-16-8-18(22-3)5-6-19(16)23-4/h5-6,8,14-15,17,21H,7,9-13H2,1-4H3/t14-,15+,17-/m0/s1. The van der Waals surface area contributed by atoms with Gasteiger partial charge in [-0.25, -0.2) is 0 Å². The Morgan fingerprint density at radius 2 is 1.88 bits per heavy atom. The fraction of sp³-hybridized carbons (Fsp3) is 0.684. The maximum absolute atomic E-state index is 10.3. The Hall–Kier alpha value is -1.30. The van der Waals surface area contributed by atoms with Crippen LogP contribution >= 0.6 is 0 Å². The summed E-state index contributed by atoms with van der Waals surface area (Å²) in [6.45, 7) is 8.06.